The average molecular weight is 339 g/mol. The van der Waals surface area contributed by atoms with E-state index < -0.39 is 0 Å². The van der Waals surface area contributed by atoms with E-state index in [0.29, 0.717) is 19.0 Å². The molecule has 6 heteroatoms. The van der Waals surface area contributed by atoms with Crippen molar-refractivity contribution in [3.63, 3.8) is 0 Å². The van der Waals surface area contributed by atoms with Crippen LogP contribution in [0.15, 0.2) is 47.5 Å². The normalized spacial score (nSPS) is 11.7. The molecule has 1 aromatic heterocycles. The van der Waals surface area contributed by atoms with E-state index in [2.05, 4.69) is 52.7 Å². The molecular weight excluding hydrogens is 318 g/mol. The van der Waals surface area contributed by atoms with Crippen molar-refractivity contribution in [3.8, 4) is 0 Å². The summed E-state index contributed by atoms with van der Waals surface area (Å²) in [5.41, 5.74) is 10.4. The van der Waals surface area contributed by atoms with Crippen LogP contribution in [0.4, 0.5) is 10.8 Å². The number of hydrogen-bond acceptors (Lipinski definition) is 4. The Morgan fingerprint density at radius 1 is 1.17 bits per heavy atom. The molecule has 0 spiro atoms. The largest absolute Gasteiger partial charge is 0.370 e. The summed E-state index contributed by atoms with van der Waals surface area (Å²) >= 11 is 1.64. The zero-order valence-corrected chi connectivity index (χ0v) is 14.7. The summed E-state index contributed by atoms with van der Waals surface area (Å²) in [6, 6.07) is 14.2. The van der Waals surface area contributed by atoms with Gasteiger partial charge < -0.3 is 16.4 Å². The van der Waals surface area contributed by atoms with Gasteiger partial charge in [-0.2, -0.15) is 0 Å². The summed E-state index contributed by atoms with van der Waals surface area (Å²) in [5.74, 6) is 0.421. The maximum atomic E-state index is 5.93. The van der Waals surface area contributed by atoms with Gasteiger partial charge in [-0.05, 0) is 49.2 Å². The van der Waals surface area contributed by atoms with Gasteiger partial charge in [-0.3, -0.25) is 4.99 Å². The van der Waals surface area contributed by atoms with Crippen LogP contribution in [0.3, 0.4) is 0 Å². The first-order valence-corrected chi connectivity index (χ1v) is 8.67. The third kappa shape index (κ3) is 4.02. The maximum Gasteiger partial charge on any atom is 0.193 e. The summed E-state index contributed by atoms with van der Waals surface area (Å²) in [6.07, 6.45) is 0. The lowest BCUT2D eigenvalue weighted by atomic mass is 10.1. The lowest BCUT2D eigenvalue weighted by molar-refractivity contribution is 1.01. The number of guanidine groups is 1. The first-order valence-electron chi connectivity index (χ1n) is 7.85. The Morgan fingerprint density at radius 3 is 2.79 bits per heavy atom. The van der Waals surface area contributed by atoms with Crippen LogP contribution in [-0.4, -0.2) is 24.0 Å². The number of para-hydroxylation sites is 1. The number of hydrogen-bond donors (Lipinski definition) is 3. The number of nitrogens with zero attached hydrogens (tertiary/aromatic N) is 2. The number of fused-ring (bicyclic) bond motifs is 1. The summed E-state index contributed by atoms with van der Waals surface area (Å²) in [7, 11) is 0. The molecular formula is C18H21N5S. The molecule has 0 atom stereocenters. The molecule has 0 unspecified atom stereocenters. The molecule has 0 radical (unpaired) electrons. The van der Waals surface area contributed by atoms with Crippen LogP contribution in [0.25, 0.3) is 10.2 Å². The van der Waals surface area contributed by atoms with E-state index >= 15 is 0 Å². The first-order chi connectivity index (χ1) is 11.6. The fraction of sp³-hybridized carbons (Fsp3) is 0.222. The first kappa shape index (κ1) is 16.3. The fourth-order valence-corrected chi connectivity index (χ4v) is 3.18. The molecule has 5 nitrogen and oxygen atoms in total. The second-order valence-corrected chi connectivity index (χ2v) is 6.64. The molecule has 0 fully saturated rings. The fourth-order valence-electron chi connectivity index (χ4n) is 2.29. The van der Waals surface area contributed by atoms with E-state index in [4.69, 9.17) is 5.73 Å². The van der Waals surface area contributed by atoms with Crippen molar-refractivity contribution in [1.82, 2.24) is 4.98 Å². The highest BCUT2D eigenvalue weighted by Crippen LogP contribution is 2.24. The van der Waals surface area contributed by atoms with Gasteiger partial charge in [-0.25, -0.2) is 4.98 Å². The molecule has 3 aromatic rings. The van der Waals surface area contributed by atoms with Gasteiger partial charge in [-0.15, -0.1) is 0 Å². The molecule has 24 heavy (non-hydrogen) atoms. The number of aromatic nitrogens is 1. The maximum absolute atomic E-state index is 5.93. The molecule has 0 aliphatic carbocycles. The highest BCUT2D eigenvalue weighted by molar-refractivity contribution is 7.22. The van der Waals surface area contributed by atoms with Crippen molar-refractivity contribution in [2.24, 2.45) is 10.7 Å². The second-order valence-electron chi connectivity index (χ2n) is 5.60. The lowest BCUT2D eigenvalue weighted by Crippen LogP contribution is -2.23. The van der Waals surface area contributed by atoms with E-state index in [9.17, 15) is 0 Å². The molecule has 0 aliphatic rings. The Morgan fingerprint density at radius 2 is 2.00 bits per heavy atom. The van der Waals surface area contributed by atoms with Crippen molar-refractivity contribution >= 4 is 38.3 Å². The highest BCUT2D eigenvalue weighted by atomic mass is 32.1. The Labute approximate surface area is 145 Å². The third-order valence-corrected chi connectivity index (χ3v) is 4.74. The number of nitrogens with one attached hydrogen (secondary N) is 2. The van der Waals surface area contributed by atoms with E-state index in [0.717, 1.165) is 16.3 Å². The van der Waals surface area contributed by atoms with E-state index in [-0.39, 0.29) is 0 Å². The van der Waals surface area contributed by atoms with E-state index in [1.165, 1.54) is 15.8 Å². The SMILES string of the molecule is Cc1ccc(NC(N)=NCCNc2nc3ccccc3s2)cc1C. The predicted molar refractivity (Wildman–Crippen MR) is 104 cm³/mol. The van der Waals surface area contributed by atoms with Crippen molar-refractivity contribution in [2.45, 2.75) is 13.8 Å². The summed E-state index contributed by atoms with van der Waals surface area (Å²) in [4.78, 5) is 8.87. The monoisotopic (exact) mass is 339 g/mol. The number of aryl methyl sites for hydroxylation is 2. The van der Waals surface area contributed by atoms with Gasteiger partial charge in [0, 0.05) is 12.2 Å². The molecule has 124 valence electrons. The van der Waals surface area contributed by atoms with Gasteiger partial charge in [0.05, 0.1) is 16.8 Å². The van der Waals surface area contributed by atoms with Crippen LogP contribution in [0.5, 0.6) is 0 Å². The molecule has 0 aliphatic heterocycles. The number of rotatable bonds is 5. The zero-order chi connectivity index (χ0) is 16.9. The van der Waals surface area contributed by atoms with Gasteiger partial charge in [-0.1, -0.05) is 29.5 Å². The van der Waals surface area contributed by atoms with Crippen molar-refractivity contribution in [1.29, 1.82) is 0 Å². The standard InChI is InChI=1S/C18H21N5S/c1-12-7-8-14(11-13(12)2)22-17(19)20-9-10-21-18-23-15-5-3-4-6-16(15)24-18/h3-8,11H,9-10H2,1-2H3,(H,21,23)(H3,19,20,22). The van der Waals surface area contributed by atoms with Crippen molar-refractivity contribution < 1.29 is 0 Å². The highest BCUT2D eigenvalue weighted by Gasteiger charge is 2.02. The van der Waals surface area contributed by atoms with Gasteiger partial charge in [0.2, 0.25) is 0 Å². The zero-order valence-electron chi connectivity index (χ0n) is 13.8. The quantitative estimate of drug-likeness (QED) is 0.376. The number of nitrogens with two attached hydrogens (primary N) is 1. The Kier molecular flexibility index (Phi) is 4.96. The van der Waals surface area contributed by atoms with Crippen LogP contribution in [0.2, 0.25) is 0 Å². The minimum absolute atomic E-state index is 0.421. The molecule has 0 saturated heterocycles. The van der Waals surface area contributed by atoms with E-state index in [1.54, 1.807) is 11.3 Å². The predicted octanol–water partition coefficient (Wildman–Crippen LogP) is 3.75. The smallest absolute Gasteiger partial charge is 0.193 e. The number of benzene rings is 2. The number of aliphatic imine (C=N–C) groups is 1. The van der Waals surface area contributed by atoms with Crippen LogP contribution in [-0.2, 0) is 0 Å². The minimum Gasteiger partial charge on any atom is -0.370 e. The lowest BCUT2D eigenvalue weighted by Gasteiger charge is -2.08. The molecule has 2 aromatic carbocycles. The molecule has 0 saturated carbocycles. The Balaban J connectivity index is 1.50. The molecule has 3 rings (SSSR count). The summed E-state index contributed by atoms with van der Waals surface area (Å²) < 4.78 is 1.18. The van der Waals surface area contributed by atoms with Gasteiger partial charge in [0.25, 0.3) is 0 Å². The average Bonchev–Trinajstić information content (AvgIpc) is 2.98. The number of thiazole rings is 1. The molecule has 0 bridgehead atoms. The third-order valence-electron chi connectivity index (χ3n) is 3.74. The van der Waals surface area contributed by atoms with Gasteiger partial charge >= 0.3 is 0 Å². The number of anilines is 2. The summed E-state index contributed by atoms with van der Waals surface area (Å²) in [5, 5.41) is 7.31. The Bertz CT molecular complexity index is 836. The Hall–Kier alpha value is -2.60. The van der Waals surface area contributed by atoms with Gasteiger partial charge in [0.1, 0.15) is 0 Å². The minimum atomic E-state index is 0.421. The molecule has 1 heterocycles. The van der Waals surface area contributed by atoms with Crippen molar-refractivity contribution in [3.05, 3.63) is 53.6 Å². The van der Waals surface area contributed by atoms with Crippen LogP contribution in [0, 0.1) is 13.8 Å². The molecule has 4 N–H and O–H groups in total. The van der Waals surface area contributed by atoms with Gasteiger partial charge in [0.15, 0.2) is 11.1 Å². The topological polar surface area (TPSA) is 75.3 Å². The van der Waals surface area contributed by atoms with Crippen LogP contribution in [0.1, 0.15) is 11.1 Å². The van der Waals surface area contributed by atoms with Crippen LogP contribution < -0.4 is 16.4 Å². The summed E-state index contributed by atoms with van der Waals surface area (Å²) in [6.45, 7) is 5.44. The van der Waals surface area contributed by atoms with Crippen molar-refractivity contribution in [2.75, 3.05) is 23.7 Å². The molecule has 0 amide bonds. The second kappa shape index (κ2) is 7.31. The van der Waals surface area contributed by atoms with Crippen LogP contribution >= 0.6 is 11.3 Å². The van der Waals surface area contributed by atoms with E-state index in [1.807, 2.05) is 24.3 Å².